The van der Waals surface area contributed by atoms with Gasteiger partial charge in [-0.3, -0.25) is 9.59 Å². The van der Waals surface area contributed by atoms with Crippen molar-refractivity contribution in [3.05, 3.63) is 29.8 Å². The molecule has 1 aromatic rings. The van der Waals surface area contributed by atoms with Crippen LogP contribution < -0.4 is 10.1 Å². The third-order valence-electron chi connectivity index (χ3n) is 4.13. The first-order valence-corrected chi connectivity index (χ1v) is 8.35. The molecule has 1 aromatic carbocycles. The highest BCUT2D eigenvalue weighted by molar-refractivity contribution is 5.78. The standard InChI is InChI=1S/C18H26N2O3/c1-3-6-18(22)20-11-9-15(10-12-20)19-17(21)13-23-16-8-5-4-7-14(16)2/h4-5,7-8,15H,3,6,9-13H2,1-2H3,(H,19,21). The van der Waals surface area contributed by atoms with Gasteiger partial charge in [0, 0.05) is 25.6 Å². The van der Waals surface area contributed by atoms with Gasteiger partial charge in [0.1, 0.15) is 5.75 Å². The lowest BCUT2D eigenvalue weighted by atomic mass is 10.0. The van der Waals surface area contributed by atoms with Gasteiger partial charge in [-0.2, -0.15) is 0 Å². The van der Waals surface area contributed by atoms with Gasteiger partial charge in [-0.1, -0.05) is 25.1 Å². The summed E-state index contributed by atoms with van der Waals surface area (Å²) >= 11 is 0. The van der Waals surface area contributed by atoms with E-state index in [2.05, 4.69) is 5.32 Å². The monoisotopic (exact) mass is 318 g/mol. The van der Waals surface area contributed by atoms with E-state index in [4.69, 9.17) is 4.74 Å². The van der Waals surface area contributed by atoms with Crippen LogP contribution in [0.2, 0.25) is 0 Å². The molecule has 0 spiro atoms. The number of likely N-dealkylation sites (tertiary alicyclic amines) is 1. The van der Waals surface area contributed by atoms with E-state index >= 15 is 0 Å². The van der Waals surface area contributed by atoms with E-state index in [1.807, 2.05) is 43.0 Å². The zero-order valence-corrected chi connectivity index (χ0v) is 14.0. The Morgan fingerprint density at radius 3 is 2.61 bits per heavy atom. The first kappa shape index (κ1) is 17.3. The number of piperidine rings is 1. The second-order valence-electron chi connectivity index (χ2n) is 6.03. The van der Waals surface area contributed by atoms with E-state index < -0.39 is 0 Å². The van der Waals surface area contributed by atoms with E-state index in [-0.39, 0.29) is 24.5 Å². The molecule has 0 unspecified atom stereocenters. The van der Waals surface area contributed by atoms with Gasteiger partial charge in [0.15, 0.2) is 6.61 Å². The molecule has 2 rings (SSSR count). The molecule has 0 bridgehead atoms. The number of benzene rings is 1. The highest BCUT2D eigenvalue weighted by Crippen LogP contribution is 2.16. The number of ether oxygens (including phenoxy) is 1. The fourth-order valence-electron chi connectivity index (χ4n) is 2.78. The summed E-state index contributed by atoms with van der Waals surface area (Å²) in [5.74, 6) is 0.856. The van der Waals surface area contributed by atoms with E-state index in [9.17, 15) is 9.59 Å². The smallest absolute Gasteiger partial charge is 0.258 e. The number of nitrogens with zero attached hydrogens (tertiary/aromatic N) is 1. The third-order valence-corrected chi connectivity index (χ3v) is 4.13. The summed E-state index contributed by atoms with van der Waals surface area (Å²) in [6, 6.07) is 7.78. The summed E-state index contributed by atoms with van der Waals surface area (Å²) in [5, 5.41) is 3.00. The average Bonchev–Trinajstić information content (AvgIpc) is 2.55. The van der Waals surface area contributed by atoms with Crippen LogP contribution in [0.25, 0.3) is 0 Å². The van der Waals surface area contributed by atoms with Crippen molar-refractivity contribution >= 4 is 11.8 Å². The molecule has 5 nitrogen and oxygen atoms in total. The van der Waals surface area contributed by atoms with Gasteiger partial charge in [0.25, 0.3) is 5.91 Å². The molecular weight excluding hydrogens is 292 g/mol. The SMILES string of the molecule is CCCC(=O)N1CCC(NC(=O)COc2ccccc2C)CC1. The van der Waals surface area contributed by atoms with Gasteiger partial charge in [0.05, 0.1) is 0 Å². The average molecular weight is 318 g/mol. The summed E-state index contributed by atoms with van der Waals surface area (Å²) in [6.07, 6.45) is 3.12. The summed E-state index contributed by atoms with van der Waals surface area (Å²) in [4.78, 5) is 25.7. The van der Waals surface area contributed by atoms with Crippen LogP contribution in [0.5, 0.6) is 5.75 Å². The van der Waals surface area contributed by atoms with Gasteiger partial charge in [-0.25, -0.2) is 0 Å². The van der Waals surface area contributed by atoms with E-state index in [1.165, 1.54) is 0 Å². The van der Waals surface area contributed by atoms with Gasteiger partial charge >= 0.3 is 0 Å². The normalized spacial score (nSPS) is 15.3. The number of rotatable bonds is 6. The summed E-state index contributed by atoms with van der Waals surface area (Å²) in [7, 11) is 0. The number of nitrogens with one attached hydrogen (secondary N) is 1. The van der Waals surface area contributed by atoms with Crippen molar-refractivity contribution in [1.82, 2.24) is 10.2 Å². The molecule has 0 aromatic heterocycles. The van der Waals surface area contributed by atoms with Crippen LogP contribution in [0.15, 0.2) is 24.3 Å². The lowest BCUT2D eigenvalue weighted by Crippen LogP contribution is -2.47. The number of carbonyl (C=O) groups excluding carboxylic acids is 2. The maximum absolute atomic E-state index is 12.0. The van der Waals surface area contributed by atoms with Crippen molar-refractivity contribution in [2.45, 2.75) is 45.6 Å². The molecule has 0 saturated carbocycles. The van der Waals surface area contributed by atoms with Crippen molar-refractivity contribution in [3.63, 3.8) is 0 Å². The van der Waals surface area contributed by atoms with Crippen LogP contribution in [0, 0.1) is 6.92 Å². The maximum atomic E-state index is 12.0. The second kappa shape index (κ2) is 8.56. The number of aryl methyl sites for hydroxylation is 1. The minimum absolute atomic E-state index is 0.0276. The Hall–Kier alpha value is -2.04. The zero-order valence-electron chi connectivity index (χ0n) is 14.0. The molecule has 126 valence electrons. The fraction of sp³-hybridized carbons (Fsp3) is 0.556. The number of hydrogen-bond acceptors (Lipinski definition) is 3. The molecule has 1 aliphatic rings. The van der Waals surface area contributed by atoms with E-state index in [0.717, 1.165) is 43.7 Å². The van der Waals surface area contributed by atoms with Gasteiger partial charge < -0.3 is 15.0 Å². The van der Waals surface area contributed by atoms with Gasteiger partial charge in [-0.15, -0.1) is 0 Å². The number of hydrogen-bond donors (Lipinski definition) is 1. The second-order valence-corrected chi connectivity index (χ2v) is 6.03. The summed E-state index contributed by atoms with van der Waals surface area (Å²) in [6.45, 7) is 5.44. The molecule has 2 amide bonds. The Kier molecular flexibility index (Phi) is 6.44. The molecule has 0 radical (unpaired) electrons. The Morgan fingerprint density at radius 2 is 1.96 bits per heavy atom. The quantitative estimate of drug-likeness (QED) is 0.875. The van der Waals surface area contributed by atoms with Crippen molar-refractivity contribution in [1.29, 1.82) is 0 Å². The molecule has 1 heterocycles. The van der Waals surface area contributed by atoms with Gasteiger partial charge in [0.2, 0.25) is 5.91 Å². The van der Waals surface area contributed by atoms with Crippen molar-refractivity contribution in [3.8, 4) is 5.75 Å². The highest BCUT2D eigenvalue weighted by Gasteiger charge is 2.23. The molecule has 0 atom stereocenters. The predicted octanol–water partition coefficient (Wildman–Crippen LogP) is 2.28. The van der Waals surface area contributed by atoms with Gasteiger partial charge in [-0.05, 0) is 37.8 Å². The fourth-order valence-corrected chi connectivity index (χ4v) is 2.78. The Bertz CT molecular complexity index is 537. The first-order chi connectivity index (χ1) is 11.1. The van der Waals surface area contributed by atoms with Crippen LogP contribution >= 0.6 is 0 Å². The zero-order chi connectivity index (χ0) is 16.7. The molecule has 5 heteroatoms. The first-order valence-electron chi connectivity index (χ1n) is 8.35. The molecule has 1 aliphatic heterocycles. The topological polar surface area (TPSA) is 58.6 Å². The molecular formula is C18H26N2O3. The van der Waals surface area contributed by atoms with Crippen molar-refractivity contribution in [2.75, 3.05) is 19.7 Å². The molecule has 1 N–H and O–H groups in total. The summed E-state index contributed by atoms with van der Waals surface area (Å²) < 4.78 is 5.55. The van der Waals surface area contributed by atoms with Crippen molar-refractivity contribution in [2.24, 2.45) is 0 Å². The molecule has 23 heavy (non-hydrogen) atoms. The van der Waals surface area contributed by atoms with Crippen LogP contribution in [0.4, 0.5) is 0 Å². The van der Waals surface area contributed by atoms with E-state index in [1.54, 1.807) is 0 Å². The van der Waals surface area contributed by atoms with Crippen LogP contribution in [-0.2, 0) is 9.59 Å². The van der Waals surface area contributed by atoms with Crippen LogP contribution in [0.1, 0.15) is 38.2 Å². The van der Waals surface area contributed by atoms with Crippen molar-refractivity contribution < 1.29 is 14.3 Å². The molecule has 0 aliphatic carbocycles. The predicted molar refractivity (Wildman–Crippen MR) is 89.3 cm³/mol. The Morgan fingerprint density at radius 1 is 1.26 bits per heavy atom. The summed E-state index contributed by atoms with van der Waals surface area (Å²) in [5.41, 5.74) is 1.02. The third kappa shape index (κ3) is 5.27. The minimum Gasteiger partial charge on any atom is -0.484 e. The maximum Gasteiger partial charge on any atom is 0.258 e. The molecule has 1 fully saturated rings. The largest absolute Gasteiger partial charge is 0.484 e. The Labute approximate surface area is 138 Å². The van der Waals surface area contributed by atoms with E-state index in [0.29, 0.717) is 6.42 Å². The van der Waals surface area contributed by atoms with Crippen LogP contribution in [0.3, 0.4) is 0 Å². The lowest BCUT2D eigenvalue weighted by molar-refractivity contribution is -0.132. The Balaban J connectivity index is 1.71. The number of para-hydroxylation sites is 1. The number of amides is 2. The lowest BCUT2D eigenvalue weighted by Gasteiger charge is -2.32. The highest BCUT2D eigenvalue weighted by atomic mass is 16.5. The molecule has 1 saturated heterocycles. The minimum atomic E-state index is -0.105. The van der Waals surface area contributed by atoms with Crippen LogP contribution in [-0.4, -0.2) is 42.5 Å². The number of carbonyl (C=O) groups is 2.